The molecule has 0 aromatic heterocycles. The summed E-state index contributed by atoms with van der Waals surface area (Å²) >= 11 is 0. The third-order valence-corrected chi connectivity index (χ3v) is 2.32. The standard InChI is InChI=1S/C11H19N3O/c1-14(2)10-6-4-5-9(7-10)11(13-12)8-15-3/h4-7,11,13H,8,12H2,1-3H3. The zero-order chi connectivity index (χ0) is 11.3. The van der Waals surface area contributed by atoms with E-state index in [2.05, 4.69) is 22.5 Å². The molecule has 3 N–H and O–H groups in total. The van der Waals surface area contributed by atoms with Crippen molar-refractivity contribution in [1.29, 1.82) is 0 Å². The fraction of sp³-hybridized carbons (Fsp3) is 0.455. The molecule has 0 bridgehead atoms. The van der Waals surface area contributed by atoms with Crippen LogP contribution in [0, 0.1) is 0 Å². The summed E-state index contributed by atoms with van der Waals surface area (Å²) in [6, 6.07) is 8.25. The molecule has 15 heavy (non-hydrogen) atoms. The van der Waals surface area contributed by atoms with E-state index >= 15 is 0 Å². The second kappa shape index (κ2) is 5.70. The third-order valence-electron chi connectivity index (χ3n) is 2.32. The quantitative estimate of drug-likeness (QED) is 0.559. The molecule has 0 aliphatic heterocycles. The van der Waals surface area contributed by atoms with Gasteiger partial charge >= 0.3 is 0 Å². The predicted molar refractivity (Wildman–Crippen MR) is 62.7 cm³/mol. The van der Waals surface area contributed by atoms with Crippen molar-refractivity contribution >= 4 is 5.69 Å². The molecule has 4 nitrogen and oxygen atoms in total. The molecule has 4 heteroatoms. The van der Waals surface area contributed by atoms with Gasteiger partial charge in [0.2, 0.25) is 0 Å². The second-order valence-electron chi connectivity index (χ2n) is 3.66. The average molecular weight is 209 g/mol. The Bertz CT molecular complexity index is 302. The molecule has 0 radical (unpaired) electrons. The van der Waals surface area contributed by atoms with Gasteiger partial charge in [-0.15, -0.1) is 0 Å². The Hall–Kier alpha value is -1.10. The number of anilines is 1. The molecule has 0 amide bonds. The first-order valence-electron chi connectivity index (χ1n) is 4.91. The molecule has 1 atom stereocenters. The Morgan fingerprint density at radius 1 is 1.47 bits per heavy atom. The largest absolute Gasteiger partial charge is 0.383 e. The molecular weight excluding hydrogens is 190 g/mol. The molecule has 0 saturated heterocycles. The number of benzene rings is 1. The number of methoxy groups -OCH3 is 1. The van der Waals surface area contributed by atoms with Crippen molar-refractivity contribution < 1.29 is 4.74 Å². The highest BCUT2D eigenvalue weighted by Crippen LogP contribution is 2.18. The van der Waals surface area contributed by atoms with E-state index in [9.17, 15) is 0 Å². The molecule has 0 saturated carbocycles. The lowest BCUT2D eigenvalue weighted by molar-refractivity contribution is 0.167. The van der Waals surface area contributed by atoms with Gasteiger partial charge in [0.1, 0.15) is 0 Å². The smallest absolute Gasteiger partial charge is 0.0694 e. The first-order chi connectivity index (χ1) is 7.19. The number of nitrogens with two attached hydrogens (primary N) is 1. The van der Waals surface area contributed by atoms with Crippen LogP contribution in [-0.2, 0) is 4.74 Å². The van der Waals surface area contributed by atoms with Gasteiger partial charge in [0.25, 0.3) is 0 Å². The molecule has 1 aromatic rings. The topological polar surface area (TPSA) is 50.5 Å². The van der Waals surface area contributed by atoms with Crippen molar-refractivity contribution in [2.75, 3.05) is 32.7 Å². The van der Waals surface area contributed by atoms with Gasteiger partial charge in [-0.25, -0.2) is 0 Å². The lowest BCUT2D eigenvalue weighted by atomic mass is 10.1. The number of ether oxygens (including phenoxy) is 1. The molecule has 0 fully saturated rings. The molecule has 1 aromatic carbocycles. The Morgan fingerprint density at radius 3 is 2.73 bits per heavy atom. The Kier molecular flexibility index (Phi) is 4.55. The fourth-order valence-corrected chi connectivity index (χ4v) is 1.43. The van der Waals surface area contributed by atoms with Gasteiger partial charge in [-0.2, -0.15) is 0 Å². The fourth-order valence-electron chi connectivity index (χ4n) is 1.43. The van der Waals surface area contributed by atoms with Gasteiger partial charge in [0.05, 0.1) is 12.6 Å². The van der Waals surface area contributed by atoms with Gasteiger partial charge in [-0.05, 0) is 17.7 Å². The van der Waals surface area contributed by atoms with E-state index < -0.39 is 0 Å². The van der Waals surface area contributed by atoms with Gasteiger partial charge in [0.15, 0.2) is 0 Å². The maximum atomic E-state index is 5.47. The van der Waals surface area contributed by atoms with E-state index in [0.717, 1.165) is 11.3 Å². The van der Waals surface area contributed by atoms with E-state index in [4.69, 9.17) is 10.6 Å². The van der Waals surface area contributed by atoms with Crippen LogP contribution in [0.4, 0.5) is 5.69 Å². The Balaban J connectivity index is 2.87. The van der Waals surface area contributed by atoms with Crippen LogP contribution in [0.15, 0.2) is 24.3 Å². The molecule has 1 rings (SSSR count). The molecule has 1 unspecified atom stereocenters. The summed E-state index contributed by atoms with van der Waals surface area (Å²) in [6.07, 6.45) is 0. The summed E-state index contributed by atoms with van der Waals surface area (Å²) in [4.78, 5) is 2.06. The van der Waals surface area contributed by atoms with Crippen molar-refractivity contribution in [1.82, 2.24) is 5.43 Å². The van der Waals surface area contributed by atoms with Crippen molar-refractivity contribution in [2.24, 2.45) is 5.84 Å². The summed E-state index contributed by atoms with van der Waals surface area (Å²) in [6.45, 7) is 0.563. The highest BCUT2D eigenvalue weighted by molar-refractivity contribution is 5.47. The summed E-state index contributed by atoms with van der Waals surface area (Å²) < 4.78 is 5.09. The van der Waals surface area contributed by atoms with Crippen LogP contribution >= 0.6 is 0 Å². The number of rotatable bonds is 5. The first-order valence-corrected chi connectivity index (χ1v) is 4.91. The van der Waals surface area contributed by atoms with Crippen LogP contribution in [0.3, 0.4) is 0 Å². The minimum Gasteiger partial charge on any atom is -0.383 e. The lowest BCUT2D eigenvalue weighted by Gasteiger charge is -2.18. The van der Waals surface area contributed by atoms with Crippen LogP contribution in [0.2, 0.25) is 0 Å². The summed E-state index contributed by atoms with van der Waals surface area (Å²) in [5, 5.41) is 0. The van der Waals surface area contributed by atoms with Gasteiger partial charge in [-0.3, -0.25) is 11.3 Å². The highest BCUT2D eigenvalue weighted by atomic mass is 16.5. The SMILES string of the molecule is COCC(NN)c1cccc(N(C)C)c1. The zero-order valence-corrected chi connectivity index (χ0v) is 9.53. The van der Waals surface area contributed by atoms with Crippen LogP contribution < -0.4 is 16.2 Å². The van der Waals surface area contributed by atoms with Crippen LogP contribution in [0.1, 0.15) is 11.6 Å². The number of nitrogens with zero attached hydrogens (tertiary/aromatic N) is 1. The van der Waals surface area contributed by atoms with E-state index in [-0.39, 0.29) is 6.04 Å². The van der Waals surface area contributed by atoms with E-state index in [1.54, 1.807) is 7.11 Å². The number of hydrogen-bond donors (Lipinski definition) is 2. The molecular formula is C11H19N3O. The Morgan fingerprint density at radius 2 is 2.20 bits per heavy atom. The number of hydrogen-bond acceptors (Lipinski definition) is 4. The Labute approximate surface area is 91.0 Å². The van der Waals surface area contributed by atoms with Gasteiger partial charge in [0, 0.05) is 26.9 Å². The van der Waals surface area contributed by atoms with Crippen molar-refractivity contribution in [3.05, 3.63) is 29.8 Å². The molecule has 0 heterocycles. The maximum Gasteiger partial charge on any atom is 0.0694 e. The van der Waals surface area contributed by atoms with Crippen molar-refractivity contribution in [2.45, 2.75) is 6.04 Å². The van der Waals surface area contributed by atoms with Gasteiger partial charge < -0.3 is 9.64 Å². The normalized spacial score (nSPS) is 12.5. The lowest BCUT2D eigenvalue weighted by Crippen LogP contribution is -2.31. The average Bonchev–Trinajstić information content (AvgIpc) is 2.26. The molecule has 0 aliphatic rings. The maximum absolute atomic E-state index is 5.47. The minimum atomic E-state index is 0.0369. The van der Waals surface area contributed by atoms with Crippen LogP contribution in [0.25, 0.3) is 0 Å². The summed E-state index contributed by atoms with van der Waals surface area (Å²) in [5.74, 6) is 5.47. The van der Waals surface area contributed by atoms with Crippen molar-refractivity contribution in [3.63, 3.8) is 0 Å². The van der Waals surface area contributed by atoms with Crippen LogP contribution in [0.5, 0.6) is 0 Å². The summed E-state index contributed by atoms with van der Waals surface area (Å²) in [7, 11) is 5.70. The second-order valence-corrected chi connectivity index (χ2v) is 3.66. The first kappa shape index (κ1) is 12.0. The highest BCUT2D eigenvalue weighted by Gasteiger charge is 2.09. The number of hydrazine groups is 1. The van der Waals surface area contributed by atoms with Crippen LogP contribution in [-0.4, -0.2) is 27.8 Å². The molecule has 0 spiro atoms. The monoisotopic (exact) mass is 209 g/mol. The van der Waals surface area contributed by atoms with E-state index in [1.807, 2.05) is 26.2 Å². The van der Waals surface area contributed by atoms with Gasteiger partial charge in [-0.1, -0.05) is 12.1 Å². The van der Waals surface area contributed by atoms with E-state index in [1.165, 1.54) is 0 Å². The van der Waals surface area contributed by atoms with E-state index in [0.29, 0.717) is 6.61 Å². The zero-order valence-electron chi connectivity index (χ0n) is 9.53. The third kappa shape index (κ3) is 3.20. The molecule has 84 valence electrons. The predicted octanol–water partition coefficient (Wildman–Crippen LogP) is 0.903. The minimum absolute atomic E-state index is 0.0369. The molecule has 0 aliphatic carbocycles. The summed E-state index contributed by atoms with van der Waals surface area (Å²) in [5.41, 5.74) is 5.03. The number of nitrogens with one attached hydrogen (secondary N) is 1. The van der Waals surface area contributed by atoms with Crippen molar-refractivity contribution in [3.8, 4) is 0 Å².